The summed E-state index contributed by atoms with van der Waals surface area (Å²) in [6, 6.07) is 14.7. The van der Waals surface area contributed by atoms with E-state index in [-0.39, 0.29) is 6.10 Å². The number of fused-ring (bicyclic) bond motifs is 1. The first-order valence-corrected chi connectivity index (χ1v) is 7.20. The summed E-state index contributed by atoms with van der Waals surface area (Å²) in [5.74, 6) is 0.513. The molecule has 0 fully saturated rings. The minimum atomic E-state index is 0.0723. The predicted molar refractivity (Wildman–Crippen MR) is 77.0 cm³/mol. The van der Waals surface area contributed by atoms with E-state index < -0.39 is 0 Å². The van der Waals surface area contributed by atoms with Gasteiger partial charge in [-0.1, -0.05) is 52.3 Å². The van der Waals surface area contributed by atoms with Gasteiger partial charge in [0.25, 0.3) is 0 Å². The molecular formula is C14H14BrClO. The summed E-state index contributed by atoms with van der Waals surface area (Å²) in [6.07, 6.45) is 0.0723. The Labute approximate surface area is 115 Å². The molecule has 0 aromatic heterocycles. The fraction of sp³-hybridized carbons (Fsp3) is 0.286. The van der Waals surface area contributed by atoms with Crippen molar-refractivity contribution in [3.05, 3.63) is 48.0 Å². The Morgan fingerprint density at radius 2 is 1.88 bits per heavy atom. The Morgan fingerprint density at radius 1 is 1.12 bits per heavy atom. The van der Waals surface area contributed by atoms with Gasteiger partial charge >= 0.3 is 0 Å². The Kier molecular flexibility index (Phi) is 4.84. The molecular weight excluding hydrogens is 300 g/mol. The van der Waals surface area contributed by atoms with Gasteiger partial charge in [-0.05, 0) is 22.4 Å². The molecule has 0 radical (unpaired) electrons. The van der Waals surface area contributed by atoms with Crippen LogP contribution in [0.1, 0.15) is 5.56 Å². The third kappa shape index (κ3) is 3.44. The second-order valence-corrected chi connectivity index (χ2v) is 4.88. The molecule has 0 saturated carbocycles. The zero-order chi connectivity index (χ0) is 12.1. The smallest absolute Gasteiger partial charge is 0.0811 e. The highest BCUT2D eigenvalue weighted by Gasteiger charge is 2.05. The lowest BCUT2D eigenvalue weighted by Gasteiger charge is -2.12. The molecule has 0 saturated heterocycles. The van der Waals surface area contributed by atoms with Crippen LogP contribution in [0.25, 0.3) is 10.8 Å². The zero-order valence-electron chi connectivity index (χ0n) is 9.40. The molecule has 1 nitrogen and oxygen atoms in total. The van der Waals surface area contributed by atoms with Gasteiger partial charge in [0.15, 0.2) is 0 Å². The van der Waals surface area contributed by atoms with E-state index in [4.69, 9.17) is 16.3 Å². The fourth-order valence-electron chi connectivity index (χ4n) is 1.67. The average molecular weight is 314 g/mol. The number of ether oxygens (including phenoxy) is 1. The molecule has 0 heterocycles. The van der Waals surface area contributed by atoms with Crippen molar-refractivity contribution in [2.45, 2.75) is 12.7 Å². The van der Waals surface area contributed by atoms with E-state index in [1.807, 2.05) is 12.1 Å². The SMILES string of the molecule is ClCC(CBr)OCc1ccc2ccccc2c1. The molecule has 0 aliphatic rings. The Balaban J connectivity index is 2.09. The quantitative estimate of drug-likeness (QED) is 0.745. The van der Waals surface area contributed by atoms with Gasteiger partial charge in [-0.15, -0.1) is 11.6 Å². The molecule has 0 N–H and O–H groups in total. The first-order chi connectivity index (χ1) is 8.33. The van der Waals surface area contributed by atoms with Crippen molar-refractivity contribution < 1.29 is 4.74 Å². The Bertz CT molecular complexity index is 482. The van der Waals surface area contributed by atoms with Gasteiger partial charge in [0, 0.05) is 11.2 Å². The van der Waals surface area contributed by atoms with Crippen molar-refractivity contribution in [1.29, 1.82) is 0 Å². The number of benzene rings is 2. The number of hydrogen-bond donors (Lipinski definition) is 0. The van der Waals surface area contributed by atoms with Crippen LogP contribution in [0.5, 0.6) is 0 Å². The summed E-state index contributed by atoms with van der Waals surface area (Å²) >= 11 is 9.15. The van der Waals surface area contributed by atoms with Gasteiger partial charge in [-0.25, -0.2) is 0 Å². The van der Waals surface area contributed by atoms with Crippen molar-refractivity contribution in [3.63, 3.8) is 0 Å². The molecule has 0 aliphatic heterocycles. The molecule has 17 heavy (non-hydrogen) atoms. The molecule has 2 aromatic rings. The van der Waals surface area contributed by atoms with Crippen LogP contribution in [0.4, 0.5) is 0 Å². The van der Waals surface area contributed by atoms with Crippen LogP contribution in [-0.4, -0.2) is 17.3 Å². The number of halogens is 2. The van der Waals surface area contributed by atoms with E-state index in [2.05, 4.69) is 46.3 Å². The third-order valence-electron chi connectivity index (χ3n) is 2.64. The zero-order valence-corrected chi connectivity index (χ0v) is 11.7. The normalized spacial score (nSPS) is 12.8. The molecule has 1 atom stereocenters. The van der Waals surface area contributed by atoms with E-state index in [0.717, 1.165) is 5.33 Å². The third-order valence-corrected chi connectivity index (χ3v) is 3.71. The average Bonchev–Trinajstić information content (AvgIpc) is 2.40. The van der Waals surface area contributed by atoms with Gasteiger partial charge in [0.1, 0.15) is 0 Å². The summed E-state index contributed by atoms with van der Waals surface area (Å²) in [6.45, 7) is 0.605. The molecule has 1 unspecified atom stereocenters. The topological polar surface area (TPSA) is 9.23 Å². The van der Waals surface area contributed by atoms with Crippen LogP contribution in [0.15, 0.2) is 42.5 Å². The highest BCUT2D eigenvalue weighted by Crippen LogP contribution is 2.16. The molecule has 2 rings (SSSR count). The second-order valence-electron chi connectivity index (χ2n) is 3.92. The van der Waals surface area contributed by atoms with Crippen LogP contribution in [0, 0.1) is 0 Å². The standard InChI is InChI=1S/C14H14BrClO/c15-8-14(9-16)17-10-11-5-6-12-3-1-2-4-13(12)7-11/h1-7,14H,8-10H2. The lowest BCUT2D eigenvalue weighted by Crippen LogP contribution is -2.16. The first kappa shape index (κ1) is 12.9. The molecule has 0 amide bonds. The Morgan fingerprint density at radius 3 is 2.59 bits per heavy atom. The van der Waals surface area contributed by atoms with Crippen molar-refractivity contribution in [3.8, 4) is 0 Å². The van der Waals surface area contributed by atoms with Gasteiger partial charge in [0.2, 0.25) is 0 Å². The maximum absolute atomic E-state index is 5.77. The van der Waals surface area contributed by atoms with Crippen LogP contribution in [0.2, 0.25) is 0 Å². The minimum absolute atomic E-state index is 0.0723. The van der Waals surface area contributed by atoms with Crippen LogP contribution < -0.4 is 0 Å². The van der Waals surface area contributed by atoms with Crippen molar-refractivity contribution in [2.24, 2.45) is 0 Å². The van der Waals surface area contributed by atoms with Gasteiger partial charge in [0.05, 0.1) is 12.7 Å². The largest absolute Gasteiger partial charge is 0.371 e. The maximum Gasteiger partial charge on any atom is 0.0811 e. The van der Waals surface area contributed by atoms with Crippen molar-refractivity contribution in [1.82, 2.24) is 0 Å². The molecule has 2 aromatic carbocycles. The van der Waals surface area contributed by atoms with E-state index in [1.165, 1.54) is 16.3 Å². The summed E-state index contributed by atoms with van der Waals surface area (Å²) < 4.78 is 5.70. The predicted octanol–water partition coefficient (Wildman–Crippen LogP) is 4.36. The van der Waals surface area contributed by atoms with Crippen LogP contribution in [0.3, 0.4) is 0 Å². The van der Waals surface area contributed by atoms with E-state index in [9.17, 15) is 0 Å². The van der Waals surface area contributed by atoms with Crippen molar-refractivity contribution >= 4 is 38.3 Å². The second kappa shape index (κ2) is 6.39. The summed E-state index contributed by atoms with van der Waals surface area (Å²) in [5.41, 5.74) is 1.18. The maximum atomic E-state index is 5.77. The van der Waals surface area contributed by atoms with Gasteiger partial charge in [-0.2, -0.15) is 0 Å². The number of hydrogen-bond acceptors (Lipinski definition) is 1. The monoisotopic (exact) mass is 312 g/mol. The summed E-state index contributed by atoms with van der Waals surface area (Å²) in [7, 11) is 0. The van der Waals surface area contributed by atoms with Gasteiger partial charge < -0.3 is 4.74 Å². The first-order valence-electron chi connectivity index (χ1n) is 5.54. The van der Waals surface area contributed by atoms with Crippen LogP contribution in [-0.2, 0) is 11.3 Å². The van der Waals surface area contributed by atoms with Crippen molar-refractivity contribution in [2.75, 3.05) is 11.2 Å². The highest BCUT2D eigenvalue weighted by atomic mass is 79.9. The van der Waals surface area contributed by atoms with Gasteiger partial charge in [-0.3, -0.25) is 0 Å². The highest BCUT2D eigenvalue weighted by molar-refractivity contribution is 9.09. The summed E-state index contributed by atoms with van der Waals surface area (Å²) in [4.78, 5) is 0. The van der Waals surface area contributed by atoms with Crippen LogP contribution >= 0.6 is 27.5 Å². The lowest BCUT2D eigenvalue weighted by molar-refractivity contribution is 0.0718. The minimum Gasteiger partial charge on any atom is -0.371 e. The molecule has 0 bridgehead atoms. The number of alkyl halides is 2. The molecule has 0 aliphatic carbocycles. The molecule has 3 heteroatoms. The van der Waals surface area contributed by atoms with E-state index >= 15 is 0 Å². The number of rotatable bonds is 5. The lowest BCUT2D eigenvalue weighted by atomic mass is 10.1. The van der Waals surface area contributed by atoms with E-state index in [1.54, 1.807) is 0 Å². The Hall–Kier alpha value is -0.570. The molecule has 90 valence electrons. The molecule has 0 spiro atoms. The fourth-order valence-corrected chi connectivity index (χ4v) is 2.55. The summed E-state index contributed by atoms with van der Waals surface area (Å²) in [5, 5.41) is 3.27. The van der Waals surface area contributed by atoms with E-state index in [0.29, 0.717) is 12.5 Å².